The molecule has 6 nitrogen and oxygen atoms in total. The first-order valence-corrected chi connectivity index (χ1v) is 5.76. The van der Waals surface area contributed by atoms with Crippen molar-refractivity contribution in [3.63, 3.8) is 0 Å². The molecule has 17 heavy (non-hydrogen) atoms. The maximum Gasteiger partial charge on any atom is 0.243 e. The first-order chi connectivity index (χ1) is 8.27. The minimum absolute atomic E-state index is 0.191. The maximum absolute atomic E-state index is 12.2. The molecule has 0 N–H and O–H groups in total. The number of ether oxygens (including phenoxy) is 1. The molecular formula is C10H10N4O2S. The lowest BCUT2D eigenvalue weighted by Crippen LogP contribution is -2.08. The molecule has 2 heterocycles. The molecule has 88 valence electrons. The van der Waals surface area contributed by atoms with Crippen LogP contribution < -0.4 is 4.74 Å². The molecule has 0 radical (unpaired) electrons. The van der Waals surface area contributed by atoms with Crippen molar-refractivity contribution < 1.29 is 9.53 Å². The van der Waals surface area contributed by atoms with Crippen molar-refractivity contribution in [1.82, 2.24) is 19.6 Å². The fourth-order valence-corrected chi connectivity index (χ4v) is 2.04. The molecule has 2 aromatic rings. The van der Waals surface area contributed by atoms with Crippen LogP contribution in [0.1, 0.15) is 28.0 Å². The van der Waals surface area contributed by atoms with Gasteiger partial charge in [-0.1, -0.05) is 11.4 Å². The summed E-state index contributed by atoms with van der Waals surface area (Å²) in [6.45, 7) is 1.92. The van der Waals surface area contributed by atoms with Crippen LogP contribution in [0.2, 0.25) is 0 Å². The van der Waals surface area contributed by atoms with Gasteiger partial charge in [-0.15, -0.1) is 5.10 Å². The molecule has 0 aliphatic carbocycles. The first-order valence-electron chi connectivity index (χ1n) is 4.98. The highest BCUT2D eigenvalue weighted by Gasteiger charge is 2.22. The zero-order chi connectivity index (χ0) is 12.3. The van der Waals surface area contributed by atoms with E-state index in [2.05, 4.69) is 19.6 Å². The minimum atomic E-state index is -0.248. The SMILES string of the molecule is CCc1nnsc1C(=O)c1nccnc1OC. The van der Waals surface area contributed by atoms with Gasteiger partial charge >= 0.3 is 0 Å². The molecule has 0 spiro atoms. The Morgan fingerprint density at radius 1 is 1.41 bits per heavy atom. The fourth-order valence-electron chi connectivity index (χ4n) is 1.35. The molecule has 7 heteroatoms. The number of aromatic nitrogens is 4. The molecule has 0 saturated heterocycles. The molecule has 0 saturated carbocycles. The minimum Gasteiger partial charge on any atom is -0.479 e. The summed E-state index contributed by atoms with van der Waals surface area (Å²) < 4.78 is 8.78. The van der Waals surface area contributed by atoms with E-state index in [1.54, 1.807) is 0 Å². The summed E-state index contributed by atoms with van der Waals surface area (Å²) >= 11 is 1.06. The summed E-state index contributed by atoms with van der Waals surface area (Å²) in [5, 5.41) is 3.90. The molecule has 2 rings (SSSR count). The summed E-state index contributed by atoms with van der Waals surface area (Å²) in [5.74, 6) is -0.0326. The summed E-state index contributed by atoms with van der Waals surface area (Å²) in [6, 6.07) is 0. The summed E-state index contributed by atoms with van der Waals surface area (Å²) in [7, 11) is 1.45. The van der Waals surface area contributed by atoms with E-state index >= 15 is 0 Å². The average Bonchev–Trinajstić information content (AvgIpc) is 2.86. The largest absolute Gasteiger partial charge is 0.479 e. The molecule has 0 aliphatic heterocycles. The molecule has 0 amide bonds. The van der Waals surface area contributed by atoms with E-state index in [0.717, 1.165) is 11.5 Å². The second-order valence-electron chi connectivity index (χ2n) is 3.15. The van der Waals surface area contributed by atoms with Crippen molar-refractivity contribution in [2.45, 2.75) is 13.3 Å². The Kier molecular flexibility index (Phi) is 3.38. The Labute approximate surface area is 102 Å². The van der Waals surface area contributed by atoms with E-state index in [1.807, 2.05) is 6.92 Å². The Balaban J connectivity index is 2.44. The van der Waals surface area contributed by atoms with E-state index in [-0.39, 0.29) is 17.4 Å². The van der Waals surface area contributed by atoms with Gasteiger partial charge < -0.3 is 4.74 Å². The third-order valence-corrected chi connectivity index (χ3v) is 2.94. The molecule has 0 fully saturated rings. The predicted octanol–water partition coefficient (Wildman–Crippen LogP) is 1.13. The van der Waals surface area contributed by atoms with Crippen LogP contribution in [0, 0.1) is 0 Å². The normalized spacial score (nSPS) is 10.2. The number of carbonyl (C=O) groups excluding carboxylic acids is 1. The zero-order valence-electron chi connectivity index (χ0n) is 9.38. The third-order valence-electron chi connectivity index (χ3n) is 2.17. The van der Waals surface area contributed by atoms with E-state index < -0.39 is 0 Å². The summed E-state index contributed by atoms with van der Waals surface area (Å²) in [6.07, 6.45) is 3.58. The maximum atomic E-state index is 12.2. The molecule has 0 atom stereocenters. The lowest BCUT2D eigenvalue weighted by Gasteiger charge is -2.03. The lowest BCUT2D eigenvalue weighted by molar-refractivity contribution is 0.103. The van der Waals surface area contributed by atoms with Crippen LogP contribution in [0.3, 0.4) is 0 Å². The van der Waals surface area contributed by atoms with Crippen molar-refractivity contribution >= 4 is 17.3 Å². The van der Waals surface area contributed by atoms with Crippen LogP contribution in [-0.4, -0.2) is 32.4 Å². The van der Waals surface area contributed by atoms with Gasteiger partial charge in [0.25, 0.3) is 0 Å². The van der Waals surface area contributed by atoms with Crippen LogP contribution >= 0.6 is 11.5 Å². The molecule has 0 unspecified atom stereocenters. The van der Waals surface area contributed by atoms with Crippen molar-refractivity contribution in [3.05, 3.63) is 28.7 Å². The lowest BCUT2D eigenvalue weighted by atomic mass is 10.2. The Hall–Kier alpha value is -1.89. The molecule has 0 aromatic carbocycles. The van der Waals surface area contributed by atoms with Gasteiger partial charge in [-0.2, -0.15) is 0 Å². The second-order valence-corrected chi connectivity index (χ2v) is 3.90. The second kappa shape index (κ2) is 4.96. The van der Waals surface area contributed by atoms with Gasteiger partial charge in [-0.3, -0.25) is 4.79 Å². The van der Waals surface area contributed by atoms with Crippen LogP contribution in [0.4, 0.5) is 0 Å². The number of rotatable bonds is 4. The third kappa shape index (κ3) is 2.14. The van der Waals surface area contributed by atoms with Gasteiger partial charge in [0.05, 0.1) is 12.8 Å². The van der Waals surface area contributed by atoms with E-state index in [1.165, 1.54) is 19.5 Å². The first kappa shape index (κ1) is 11.6. The standard InChI is InChI=1S/C10H10N4O2S/c1-3-6-9(17-14-13-6)8(15)7-10(16-2)12-5-4-11-7/h4-5H,3H2,1-2H3. The van der Waals surface area contributed by atoms with Gasteiger partial charge in [0, 0.05) is 12.4 Å². The van der Waals surface area contributed by atoms with Gasteiger partial charge in [0.2, 0.25) is 11.7 Å². The number of carbonyl (C=O) groups is 1. The average molecular weight is 250 g/mol. The topological polar surface area (TPSA) is 77.9 Å². The zero-order valence-corrected chi connectivity index (χ0v) is 10.2. The Morgan fingerprint density at radius 3 is 2.88 bits per heavy atom. The van der Waals surface area contributed by atoms with Crippen LogP contribution in [0.15, 0.2) is 12.4 Å². The highest BCUT2D eigenvalue weighted by molar-refractivity contribution is 7.08. The molecule has 2 aromatic heterocycles. The van der Waals surface area contributed by atoms with E-state index in [0.29, 0.717) is 17.0 Å². The number of aryl methyl sites for hydroxylation is 1. The Morgan fingerprint density at radius 2 is 2.18 bits per heavy atom. The quantitative estimate of drug-likeness (QED) is 0.757. The smallest absolute Gasteiger partial charge is 0.243 e. The monoisotopic (exact) mass is 250 g/mol. The van der Waals surface area contributed by atoms with Gasteiger partial charge in [-0.05, 0) is 18.0 Å². The van der Waals surface area contributed by atoms with Crippen molar-refractivity contribution in [3.8, 4) is 5.88 Å². The predicted molar refractivity (Wildman–Crippen MR) is 61.3 cm³/mol. The number of hydrogen-bond acceptors (Lipinski definition) is 7. The number of ketones is 1. The molecule has 0 aliphatic rings. The molecule has 0 bridgehead atoms. The van der Waals surface area contributed by atoms with Crippen molar-refractivity contribution in [2.75, 3.05) is 7.11 Å². The Bertz CT molecular complexity index is 541. The van der Waals surface area contributed by atoms with Gasteiger partial charge in [-0.25, -0.2) is 9.97 Å². The van der Waals surface area contributed by atoms with Crippen LogP contribution in [0.5, 0.6) is 5.88 Å². The fraction of sp³-hybridized carbons (Fsp3) is 0.300. The highest BCUT2D eigenvalue weighted by atomic mass is 32.1. The van der Waals surface area contributed by atoms with E-state index in [9.17, 15) is 4.79 Å². The van der Waals surface area contributed by atoms with Crippen LogP contribution in [-0.2, 0) is 6.42 Å². The number of nitrogens with zero attached hydrogens (tertiary/aromatic N) is 4. The molecular weight excluding hydrogens is 240 g/mol. The van der Waals surface area contributed by atoms with Gasteiger partial charge in [0.1, 0.15) is 4.88 Å². The van der Waals surface area contributed by atoms with Gasteiger partial charge in [0.15, 0.2) is 5.69 Å². The van der Waals surface area contributed by atoms with Crippen molar-refractivity contribution in [2.24, 2.45) is 0 Å². The summed E-state index contributed by atoms with van der Waals surface area (Å²) in [5.41, 5.74) is 0.864. The van der Waals surface area contributed by atoms with E-state index in [4.69, 9.17) is 4.74 Å². The van der Waals surface area contributed by atoms with Crippen LogP contribution in [0.25, 0.3) is 0 Å². The number of hydrogen-bond donors (Lipinski definition) is 0. The number of methoxy groups -OCH3 is 1. The highest BCUT2D eigenvalue weighted by Crippen LogP contribution is 2.20. The summed E-state index contributed by atoms with van der Waals surface area (Å²) in [4.78, 5) is 20.6. The van der Waals surface area contributed by atoms with Crippen molar-refractivity contribution in [1.29, 1.82) is 0 Å².